The molecule has 1 atom stereocenters. The second kappa shape index (κ2) is 8.78. The summed E-state index contributed by atoms with van der Waals surface area (Å²) in [6.07, 6.45) is 7.82. The highest BCUT2D eigenvalue weighted by atomic mass is 16.2. The van der Waals surface area contributed by atoms with Crippen LogP contribution in [0.1, 0.15) is 35.1 Å². The van der Waals surface area contributed by atoms with Crippen LogP contribution >= 0.6 is 0 Å². The molecule has 170 valence electrons. The molecule has 4 aromatic rings. The third-order valence-corrected chi connectivity index (χ3v) is 5.91. The molecule has 0 aliphatic carbocycles. The van der Waals surface area contributed by atoms with Crippen LogP contribution in [0.15, 0.2) is 79.8 Å². The van der Waals surface area contributed by atoms with Crippen LogP contribution in [0.5, 0.6) is 0 Å². The number of imidazole rings is 1. The van der Waals surface area contributed by atoms with Crippen molar-refractivity contribution in [1.29, 1.82) is 0 Å². The van der Waals surface area contributed by atoms with E-state index in [0.29, 0.717) is 35.1 Å². The molecule has 9 nitrogen and oxygen atoms in total. The molecule has 0 radical (unpaired) electrons. The molecular weight excluding hydrogens is 430 g/mol. The van der Waals surface area contributed by atoms with Crippen molar-refractivity contribution in [3.63, 3.8) is 0 Å². The number of hydrogen-bond donors (Lipinski definition) is 1. The van der Waals surface area contributed by atoms with Gasteiger partial charge in [0, 0.05) is 30.7 Å². The molecule has 34 heavy (non-hydrogen) atoms. The monoisotopic (exact) mass is 453 g/mol. The number of fused-ring (bicyclic) bond motifs is 1. The molecule has 9 heteroatoms. The van der Waals surface area contributed by atoms with Crippen molar-refractivity contribution in [2.75, 3.05) is 17.2 Å². The summed E-state index contributed by atoms with van der Waals surface area (Å²) in [5.41, 5.74) is 7.27. The van der Waals surface area contributed by atoms with Crippen LogP contribution in [0.4, 0.5) is 17.5 Å². The zero-order valence-electron chi connectivity index (χ0n) is 18.4. The lowest BCUT2D eigenvalue weighted by atomic mass is 10.2. The van der Waals surface area contributed by atoms with Crippen LogP contribution in [0.3, 0.4) is 0 Å². The highest BCUT2D eigenvalue weighted by Crippen LogP contribution is 2.38. The Bertz CT molecular complexity index is 1370. The zero-order valence-corrected chi connectivity index (χ0v) is 18.4. The maximum atomic E-state index is 13.7. The van der Waals surface area contributed by atoms with Crippen molar-refractivity contribution in [1.82, 2.24) is 24.3 Å². The Morgan fingerprint density at radius 3 is 2.62 bits per heavy atom. The number of anilines is 3. The molecule has 3 aromatic heterocycles. The molecular formula is C25H23N7O2. The number of likely N-dealkylation sites (tertiary alicyclic amines) is 1. The fourth-order valence-corrected chi connectivity index (χ4v) is 4.38. The molecule has 1 aliphatic heterocycles. The van der Waals surface area contributed by atoms with E-state index in [0.717, 1.165) is 12.8 Å². The van der Waals surface area contributed by atoms with E-state index in [4.69, 9.17) is 10.7 Å². The molecule has 5 rings (SSSR count). The second-order valence-corrected chi connectivity index (χ2v) is 7.91. The Kier molecular flexibility index (Phi) is 5.51. The Balaban J connectivity index is 1.73. The molecule has 1 fully saturated rings. The molecule has 1 unspecified atom stereocenters. The maximum absolute atomic E-state index is 13.7. The van der Waals surface area contributed by atoms with Crippen LogP contribution in [0.2, 0.25) is 0 Å². The average Bonchev–Trinajstić information content (AvgIpc) is 3.51. The van der Waals surface area contributed by atoms with E-state index in [2.05, 4.69) is 16.5 Å². The van der Waals surface area contributed by atoms with E-state index in [1.165, 1.54) is 11.0 Å². The fraction of sp³-hybridized carbons (Fsp3) is 0.160. The van der Waals surface area contributed by atoms with Crippen molar-refractivity contribution < 1.29 is 9.59 Å². The standard InChI is InChI=1S/C25H23N7O2/c1-2-20(33)30-15-8-11-18(30)23-29-24(21-22(26)28-14-16-31(21)23)32(19-12-6-7-13-27-19)25(34)17-9-4-3-5-10-17/h2-7,9-10,12-14,16,18H,1,8,11,15H2,(H2,26,28). The van der Waals surface area contributed by atoms with Gasteiger partial charge in [-0.15, -0.1) is 0 Å². The number of carbonyl (C=O) groups is 2. The zero-order chi connectivity index (χ0) is 23.7. The molecule has 4 heterocycles. The minimum atomic E-state index is -0.306. The van der Waals surface area contributed by atoms with Gasteiger partial charge < -0.3 is 10.6 Å². The number of nitrogen functional groups attached to an aromatic ring is 1. The molecule has 1 aliphatic rings. The van der Waals surface area contributed by atoms with E-state index in [1.807, 2.05) is 10.5 Å². The van der Waals surface area contributed by atoms with Gasteiger partial charge in [-0.25, -0.2) is 19.9 Å². The van der Waals surface area contributed by atoms with Crippen LogP contribution in [0.25, 0.3) is 5.52 Å². The fourth-order valence-electron chi connectivity index (χ4n) is 4.38. The van der Waals surface area contributed by atoms with E-state index in [9.17, 15) is 9.59 Å². The SMILES string of the molecule is C=CC(=O)N1CCCC1c1nc(N(C(=O)c2ccccc2)c2ccccn2)c2c(N)nccn12. The normalized spacial score (nSPS) is 15.4. The number of rotatable bonds is 5. The number of nitrogens with two attached hydrogens (primary N) is 1. The molecule has 1 saturated heterocycles. The van der Waals surface area contributed by atoms with Crippen LogP contribution in [0, 0.1) is 0 Å². The summed E-state index contributed by atoms with van der Waals surface area (Å²) >= 11 is 0. The first-order valence-corrected chi connectivity index (χ1v) is 11.0. The van der Waals surface area contributed by atoms with Gasteiger partial charge in [0.05, 0.1) is 6.04 Å². The summed E-state index contributed by atoms with van der Waals surface area (Å²) in [7, 11) is 0. The smallest absolute Gasteiger partial charge is 0.265 e. The van der Waals surface area contributed by atoms with Gasteiger partial charge in [0.2, 0.25) is 5.91 Å². The third-order valence-electron chi connectivity index (χ3n) is 5.91. The third kappa shape index (κ3) is 3.57. The van der Waals surface area contributed by atoms with E-state index in [-0.39, 0.29) is 23.7 Å². The largest absolute Gasteiger partial charge is 0.382 e. The Morgan fingerprint density at radius 1 is 1.09 bits per heavy atom. The van der Waals surface area contributed by atoms with Gasteiger partial charge in [-0.2, -0.15) is 0 Å². The number of carbonyl (C=O) groups excluding carboxylic acids is 2. The lowest BCUT2D eigenvalue weighted by Gasteiger charge is -2.22. The predicted octanol–water partition coefficient (Wildman–Crippen LogP) is 3.53. The summed E-state index contributed by atoms with van der Waals surface area (Å²) in [4.78, 5) is 43.0. The summed E-state index contributed by atoms with van der Waals surface area (Å²) in [5, 5.41) is 0. The Morgan fingerprint density at radius 2 is 1.88 bits per heavy atom. The topological polar surface area (TPSA) is 110 Å². The molecule has 0 bridgehead atoms. The van der Waals surface area contributed by atoms with Crippen LogP contribution in [-0.2, 0) is 4.79 Å². The minimum Gasteiger partial charge on any atom is -0.382 e. The summed E-state index contributed by atoms with van der Waals surface area (Å²) < 4.78 is 1.81. The lowest BCUT2D eigenvalue weighted by Crippen LogP contribution is -2.30. The summed E-state index contributed by atoms with van der Waals surface area (Å²) in [6.45, 7) is 4.23. The molecule has 2 N–H and O–H groups in total. The average molecular weight is 454 g/mol. The number of pyridine rings is 1. The lowest BCUT2D eigenvalue weighted by molar-refractivity contribution is -0.127. The van der Waals surface area contributed by atoms with Gasteiger partial charge in [-0.1, -0.05) is 30.8 Å². The molecule has 1 aromatic carbocycles. The van der Waals surface area contributed by atoms with Crippen LogP contribution < -0.4 is 10.6 Å². The van der Waals surface area contributed by atoms with Gasteiger partial charge >= 0.3 is 0 Å². The summed E-state index contributed by atoms with van der Waals surface area (Å²) in [5.74, 6) is 1.07. The quantitative estimate of drug-likeness (QED) is 0.463. The van der Waals surface area contributed by atoms with Gasteiger partial charge in [0.25, 0.3) is 5.91 Å². The second-order valence-electron chi connectivity index (χ2n) is 7.91. The van der Waals surface area contributed by atoms with Crippen LogP contribution in [-0.4, -0.2) is 42.6 Å². The van der Waals surface area contributed by atoms with Crippen molar-refractivity contribution in [3.05, 3.63) is 91.2 Å². The first-order valence-electron chi connectivity index (χ1n) is 11.0. The van der Waals surface area contributed by atoms with Crippen molar-refractivity contribution >= 4 is 34.8 Å². The van der Waals surface area contributed by atoms with E-state index >= 15 is 0 Å². The summed E-state index contributed by atoms with van der Waals surface area (Å²) in [6, 6.07) is 13.9. The highest BCUT2D eigenvalue weighted by molar-refractivity contribution is 6.12. The van der Waals surface area contributed by atoms with Crippen molar-refractivity contribution in [2.45, 2.75) is 18.9 Å². The van der Waals surface area contributed by atoms with Crippen molar-refractivity contribution in [2.24, 2.45) is 0 Å². The minimum absolute atomic E-state index is 0.162. The number of benzene rings is 1. The molecule has 0 spiro atoms. The Hall–Kier alpha value is -4.53. The Labute approximate surface area is 196 Å². The van der Waals surface area contributed by atoms with Gasteiger partial charge in [0.15, 0.2) is 11.6 Å². The number of hydrogen-bond acceptors (Lipinski definition) is 6. The maximum Gasteiger partial charge on any atom is 0.265 e. The van der Waals surface area contributed by atoms with Gasteiger partial charge in [0.1, 0.15) is 17.2 Å². The van der Waals surface area contributed by atoms with E-state index < -0.39 is 0 Å². The van der Waals surface area contributed by atoms with Gasteiger partial charge in [-0.05, 0) is 43.2 Å². The molecule has 0 saturated carbocycles. The molecule has 2 amide bonds. The number of nitrogens with zero attached hydrogens (tertiary/aromatic N) is 6. The van der Waals surface area contributed by atoms with Crippen molar-refractivity contribution in [3.8, 4) is 0 Å². The number of amides is 2. The predicted molar refractivity (Wildman–Crippen MR) is 128 cm³/mol. The number of aromatic nitrogens is 4. The highest BCUT2D eigenvalue weighted by Gasteiger charge is 2.35. The van der Waals surface area contributed by atoms with Gasteiger partial charge in [-0.3, -0.25) is 14.0 Å². The first-order chi connectivity index (χ1) is 16.6. The van der Waals surface area contributed by atoms with E-state index in [1.54, 1.807) is 66.0 Å². The first kappa shape index (κ1) is 21.3.